The molecule has 1 saturated heterocycles. The monoisotopic (exact) mass is 300 g/mol. The van der Waals surface area contributed by atoms with E-state index in [1.54, 1.807) is 24.3 Å². The molecule has 4 heteroatoms. The van der Waals surface area contributed by atoms with Crippen molar-refractivity contribution < 1.29 is 9.59 Å². The molecular weight excluding hydrogens is 276 g/mol. The lowest BCUT2D eigenvalue weighted by Gasteiger charge is -2.23. The summed E-state index contributed by atoms with van der Waals surface area (Å²) in [5.74, 6) is -0.0851. The summed E-state index contributed by atoms with van der Waals surface area (Å²) >= 11 is 0. The van der Waals surface area contributed by atoms with Crippen LogP contribution >= 0.6 is 0 Å². The molecule has 0 atom stereocenters. The van der Waals surface area contributed by atoms with E-state index in [9.17, 15) is 9.59 Å². The van der Waals surface area contributed by atoms with Crippen LogP contribution in [0.1, 0.15) is 53.3 Å². The molecule has 0 unspecified atom stereocenters. The number of hydrogen-bond donors (Lipinski definition) is 1. The van der Waals surface area contributed by atoms with Gasteiger partial charge in [0.05, 0.1) is 0 Å². The van der Waals surface area contributed by atoms with Crippen molar-refractivity contribution in [3.8, 4) is 0 Å². The number of carbonyl (C=O) groups excluding carboxylic acids is 2. The number of Topliss-reactive ketones (excluding diaryl/α,β-unsaturated/α-hetero) is 1. The quantitative estimate of drug-likeness (QED) is 0.821. The predicted molar refractivity (Wildman–Crippen MR) is 86.1 cm³/mol. The van der Waals surface area contributed by atoms with Gasteiger partial charge in [0.15, 0.2) is 5.78 Å². The number of rotatable bonds is 6. The second-order valence-electron chi connectivity index (χ2n) is 6.80. The van der Waals surface area contributed by atoms with Crippen LogP contribution in [-0.4, -0.2) is 42.8 Å². The molecule has 1 saturated carbocycles. The Balaban J connectivity index is 1.55. The Labute approximate surface area is 131 Å². The summed E-state index contributed by atoms with van der Waals surface area (Å²) in [6, 6.07) is 6.96. The lowest BCUT2D eigenvalue weighted by atomic mass is 10.1. The maximum atomic E-state index is 12.3. The maximum absolute atomic E-state index is 12.3. The third-order valence-corrected chi connectivity index (χ3v) is 4.87. The van der Waals surface area contributed by atoms with E-state index in [1.165, 1.54) is 45.7 Å². The largest absolute Gasteiger partial charge is 0.351 e. The first-order chi connectivity index (χ1) is 10.6. The van der Waals surface area contributed by atoms with E-state index in [0.29, 0.717) is 11.1 Å². The van der Waals surface area contributed by atoms with Crippen LogP contribution in [0.2, 0.25) is 0 Å². The number of benzene rings is 1. The molecule has 0 spiro atoms. The van der Waals surface area contributed by atoms with E-state index >= 15 is 0 Å². The predicted octanol–water partition coefficient (Wildman–Crippen LogP) is 2.50. The van der Waals surface area contributed by atoms with Gasteiger partial charge in [0.1, 0.15) is 0 Å². The Morgan fingerprint density at radius 1 is 1.18 bits per heavy atom. The van der Waals surface area contributed by atoms with Crippen molar-refractivity contribution in [1.29, 1.82) is 0 Å². The van der Waals surface area contributed by atoms with Gasteiger partial charge in [-0.2, -0.15) is 0 Å². The van der Waals surface area contributed by atoms with Crippen LogP contribution in [0.5, 0.6) is 0 Å². The third kappa shape index (κ3) is 3.55. The van der Waals surface area contributed by atoms with Crippen molar-refractivity contribution in [2.45, 2.75) is 32.6 Å². The zero-order chi connectivity index (χ0) is 15.6. The van der Waals surface area contributed by atoms with Gasteiger partial charge in [-0.1, -0.05) is 12.1 Å². The van der Waals surface area contributed by atoms with Crippen molar-refractivity contribution in [3.05, 3.63) is 35.4 Å². The summed E-state index contributed by atoms with van der Waals surface area (Å²) in [5.41, 5.74) is 1.45. The highest BCUT2D eigenvalue weighted by Gasteiger charge is 2.44. The second-order valence-corrected chi connectivity index (χ2v) is 6.80. The lowest BCUT2D eigenvalue weighted by Crippen LogP contribution is -2.37. The van der Waals surface area contributed by atoms with E-state index in [2.05, 4.69) is 10.2 Å². The van der Waals surface area contributed by atoms with Crippen LogP contribution in [-0.2, 0) is 0 Å². The standard InChI is InChI=1S/C18H24N2O2/c1-14(21)15-5-4-6-16(11-15)17(22)19-12-18(7-8-18)13-20-9-2-3-10-20/h4-6,11H,2-3,7-10,12-13H2,1H3,(H,19,22). The van der Waals surface area contributed by atoms with Gasteiger partial charge in [-0.25, -0.2) is 0 Å². The van der Waals surface area contributed by atoms with Crippen molar-refractivity contribution in [3.63, 3.8) is 0 Å². The summed E-state index contributed by atoms with van der Waals surface area (Å²) < 4.78 is 0. The molecule has 0 aromatic heterocycles. The van der Waals surface area contributed by atoms with Gasteiger partial charge in [0.25, 0.3) is 5.91 Å². The van der Waals surface area contributed by atoms with E-state index in [1.807, 2.05) is 0 Å². The molecule has 3 rings (SSSR count). The minimum atomic E-state index is -0.0733. The molecule has 1 aromatic carbocycles. The number of carbonyl (C=O) groups is 2. The Hall–Kier alpha value is -1.68. The average molecular weight is 300 g/mol. The Morgan fingerprint density at radius 2 is 1.86 bits per heavy atom. The van der Waals surface area contributed by atoms with Gasteiger partial charge in [-0.3, -0.25) is 9.59 Å². The maximum Gasteiger partial charge on any atom is 0.251 e. The number of nitrogens with one attached hydrogen (secondary N) is 1. The Morgan fingerprint density at radius 3 is 2.50 bits per heavy atom. The number of amides is 1. The highest BCUT2D eigenvalue weighted by atomic mass is 16.1. The number of hydrogen-bond acceptors (Lipinski definition) is 3. The smallest absolute Gasteiger partial charge is 0.251 e. The van der Waals surface area contributed by atoms with Gasteiger partial charge in [-0.05, 0) is 57.8 Å². The molecule has 2 aliphatic rings. The van der Waals surface area contributed by atoms with E-state index in [-0.39, 0.29) is 17.1 Å². The fourth-order valence-electron chi connectivity index (χ4n) is 3.23. The molecule has 118 valence electrons. The van der Waals surface area contributed by atoms with Crippen LogP contribution < -0.4 is 5.32 Å². The second kappa shape index (κ2) is 6.21. The number of likely N-dealkylation sites (tertiary alicyclic amines) is 1. The van der Waals surface area contributed by atoms with Gasteiger partial charge >= 0.3 is 0 Å². The molecule has 0 bridgehead atoms. The molecular formula is C18H24N2O2. The zero-order valence-corrected chi connectivity index (χ0v) is 13.2. The van der Waals surface area contributed by atoms with Crippen molar-refractivity contribution in [2.75, 3.05) is 26.2 Å². The van der Waals surface area contributed by atoms with Gasteiger partial charge in [-0.15, -0.1) is 0 Å². The summed E-state index contributed by atoms with van der Waals surface area (Å²) in [7, 11) is 0. The van der Waals surface area contributed by atoms with E-state index in [4.69, 9.17) is 0 Å². The molecule has 1 aliphatic heterocycles. The summed E-state index contributed by atoms with van der Waals surface area (Å²) in [6.07, 6.45) is 5.02. The molecule has 2 fully saturated rings. The Kier molecular flexibility index (Phi) is 4.30. The fourth-order valence-corrected chi connectivity index (χ4v) is 3.23. The SMILES string of the molecule is CC(=O)c1cccc(C(=O)NCC2(CN3CCCC3)CC2)c1. The minimum absolute atomic E-state index is 0.0117. The lowest BCUT2D eigenvalue weighted by molar-refractivity contribution is 0.0940. The molecule has 22 heavy (non-hydrogen) atoms. The van der Waals surface area contributed by atoms with Crippen molar-refractivity contribution >= 4 is 11.7 Å². The molecule has 1 N–H and O–H groups in total. The number of nitrogens with zero attached hydrogens (tertiary/aromatic N) is 1. The first-order valence-corrected chi connectivity index (χ1v) is 8.20. The zero-order valence-electron chi connectivity index (χ0n) is 13.2. The number of ketones is 1. The molecule has 1 heterocycles. The average Bonchev–Trinajstić information content (AvgIpc) is 3.09. The third-order valence-electron chi connectivity index (χ3n) is 4.87. The highest BCUT2D eigenvalue weighted by Crippen LogP contribution is 2.46. The van der Waals surface area contributed by atoms with Crippen LogP contribution in [0.4, 0.5) is 0 Å². The summed E-state index contributed by atoms with van der Waals surface area (Å²) in [6.45, 7) is 5.78. The molecule has 0 radical (unpaired) electrons. The van der Waals surface area contributed by atoms with Crippen LogP contribution in [0.15, 0.2) is 24.3 Å². The van der Waals surface area contributed by atoms with E-state index < -0.39 is 0 Å². The molecule has 4 nitrogen and oxygen atoms in total. The van der Waals surface area contributed by atoms with Crippen LogP contribution in [0.3, 0.4) is 0 Å². The normalized spacial score (nSPS) is 19.9. The fraction of sp³-hybridized carbons (Fsp3) is 0.556. The summed E-state index contributed by atoms with van der Waals surface area (Å²) in [5, 5.41) is 3.06. The van der Waals surface area contributed by atoms with Crippen LogP contribution in [0.25, 0.3) is 0 Å². The topological polar surface area (TPSA) is 49.4 Å². The van der Waals surface area contributed by atoms with Crippen LogP contribution in [0, 0.1) is 5.41 Å². The first-order valence-electron chi connectivity index (χ1n) is 8.20. The first kappa shape index (κ1) is 15.2. The highest BCUT2D eigenvalue weighted by molar-refractivity contribution is 5.99. The minimum Gasteiger partial charge on any atom is -0.351 e. The van der Waals surface area contributed by atoms with Crippen molar-refractivity contribution in [1.82, 2.24) is 10.2 Å². The van der Waals surface area contributed by atoms with Gasteiger partial charge in [0, 0.05) is 29.6 Å². The van der Waals surface area contributed by atoms with Gasteiger partial charge in [0.2, 0.25) is 0 Å². The van der Waals surface area contributed by atoms with E-state index in [0.717, 1.165) is 13.1 Å². The van der Waals surface area contributed by atoms with Gasteiger partial charge < -0.3 is 10.2 Å². The van der Waals surface area contributed by atoms with Crippen molar-refractivity contribution in [2.24, 2.45) is 5.41 Å². The summed E-state index contributed by atoms with van der Waals surface area (Å²) in [4.78, 5) is 26.2. The molecule has 1 amide bonds. The molecule has 1 aromatic rings. The molecule has 1 aliphatic carbocycles. The Bertz CT molecular complexity index is 572.